The lowest BCUT2D eigenvalue weighted by Gasteiger charge is -2.18. The lowest BCUT2D eigenvalue weighted by molar-refractivity contribution is 0.0200. The molecule has 84 valence electrons. The van der Waals surface area contributed by atoms with E-state index in [0.29, 0.717) is 30.3 Å². The second kappa shape index (κ2) is 3.45. The van der Waals surface area contributed by atoms with Crippen molar-refractivity contribution in [3.63, 3.8) is 0 Å². The minimum absolute atomic E-state index is 0.317. The number of rotatable bonds is 1. The molecule has 1 saturated heterocycles. The molecule has 0 radical (unpaired) electrons. The minimum Gasteiger partial charge on any atom is -0.381 e. The monoisotopic (exact) mass is 238 g/mol. The van der Waals surface area contributed by atoms with Crippen LogP contribution in [-0.2, 0) is 10.3 Å². The van der Waals surface area contributed by atoms with Crippen LogP contribution in [0, 0.1) is 0 Å². The molecular formula is C11H11ClN2O2. The standard InChI is InChI=1S/C11H11ClN2O2/c12-8-1-3-13-10-7(8)5-9(14-10)11(15)2-4-16-6-11/h1,3,5,15H,2,4,6H2,(H,13,14). The van der Waals surface area contributed by atoms with E-state index < -0.39 is 5.60 Å². The molecule has 0 bridgehead atoms. The fraction of sp³-hybridized carbons (Fsp3) is 0.364. The Balaban J connectivity index is 2.15. The van der Waals surface area contributed by atoms with Crippen molar-refractivity contribution in [3.8, 4) is 0 Å². The van der Waals surface area contributed by atoms with E-state index >= 15 is 0 Å². The molecule has 16 heavy (non-hydrogen) atoms. The maximum atomic E-state index is 10.3. The van der Waals surface area contributed by atoms with Gasteiger partial charge in [-0.25, -0.2) is 4.98 Å². The Labute approximate surface area is 97.2 Å². The van der Waals surface area contributed by atoms with Crippen molar-refractivity contribution in [1.82, 2.24) is 9.97 Å². The molecule has 0 amide bonds. The molecule has 1 fully saturated rings. The van der Waals surface area contributed by atoms with Gasteiger partial charge < -0.3 is 14.8 Å². The molecule has 0 aliphatic carbocycles. The van der Waals surface area contributed by atoms with Crippen molar-refractivity contribution in [3.05, 3.63) is 29.0 Å². The molecular weight excluding hydrogens is 228 g/mol. The summed E-state index contributed by atoms with van der Waals surface area (Å²) in [7, 11) is 0. The number of nitrogens with zero attached hydrogens (tertiary/aromatic N) is 1. The van der Waals surface area contributed by atoms with E-state index in [2.05, 4.69) is 9.97 Å². The molecule has 2 aromatic rings. The first kappa shape index (κ1) is 10.1. The average molecular weight is 239 g/mol. The van der Waals surface area contributed by atoms with Crippen LogP contribution in [0.2, 0.25) is 5.02 Å². The maximum absolute atomic E-state index is 10.3. The quantitative estimate of drug-likeness (QED) is 0.797. The third kappa shape index (κ3) is 1.42. The molecule has 4 nitrogen and oxygen atoms in total. The van der Waals surface area contributed by atoms with Crippen LogP contribution in [0.4, 0.5) is 0 Å². The summed E-state index contributed by atoms with van der Waals surface area (Å²) >= 11 is 6.05. The number of nitrogens with one attached hydrogen (secondary N) is 1. The SMILES string of the molecule is OC1(c2cc3c(Cl)ccnc3[nH]2)CCOC1. The Bertz CT molecular complexity index is 532. The molecule has 1 unspecified atom stereocenters. The summed E-state index contributed by atoms with van der Waals surface area (Å²) in [5.41, 5.74) is 0.493. The second-order valence-electron chi connectivity index (χ2n) is 4.07. The van der Waals surface area contributed by atoms with E-state index in [-0.39, 0.29) is 0 Å². The van der Waals surface area contributed by atoms with Crippen molar-refractivity contribution >= 4 is 22.6 Å². The van der Waals surface area contributed by atoms with Crippen LogP contribution >= 0.6 is 11.6 Å². The van der Waals surface area contributed by atoms with Gasteiger partial charge in [0.15, 0.2) is 0 Å². The first-order chi connectivity index (χ1) is 7.69. The van der Waals surface area contributed by atoms with Gasteiger partial charge in [-0.3, -0.25) is 0 Å². The predicted octanol–water partition coefficient (Wildman–Crippen LogP) is 1.82. The molecule has 2 aromatic heterocycles. The van der Waals surface area contributed by atoms with E-state index in [4.69, 9.17) is 16.3 Å². The number of aromatic amines is 1. The van der Waals surface area contributed by atoms with E-state index in [9.17, 15) is 5.11 Å². The molecule has 0 saturated carbocycles. The largest absolute Gasteiger partial charge is 0.381 e. The fourth-order valence-corrected chi connectivity index (χ4v) is 2.21. The second-order valence-corrected chi connectivity index (χ2v) is 4.48. The first-order valence-electron chi connectivity index (χ1n) is 5.13. The van der Waals surface area contributed by atoms with Crippen molar-refractivity contribution in [2.24, 2.45) is 0 Å². The van der Waals surface area contributed by atoms with Crippen LogP contribution < -0.4 is 0 Å². The fourth-order valence-electron chi connectivity index (χ4n) is 2.01. The zero-order valence-corrected chi connectivity index (χ0v) is 9.29. The smallest absolute Gasteiger partial charge is 0.139 e. The number of aromatic nitrogens is 2. The van der Waals surface area contributed by atoms with Gasteiger partial charge in [-0.1, -0.05) is 11.6 Å². The third-order valence-corrected chi connectivity index (χ3v) is 3.31. The van der Waals surface area contributed by atoms with Crippen molar-refractivity contribution in [1.29, 1.82) is 0 Å². The molecule has 5 heteroatoms. The number of fused-ring (bicyclic) bond motifs is 1. The molecule has 0 spiro atoms. The normalized spacial score (nSPS) is 25.4. The van der Waals surface area contributed by atoms with Crippen molar-refractivity contribution in [2.45, 2.75) is 12.0 Å². The van der Waals surface area contributed by atoms with Crippen molar-refractivity contribution < 1.29 is 9.84 Å². The molecule has 2 N–H and O–H groups in total. The van der Waals surface area contributed by atoms with Gasteiger partial charge in [0.05, 0.1) is 17.3 Å². The third-order valence-electron chi connectivity index (χ3n) is 2.98. The summed E-state index contributed by atoms with van der Waals surface area (Å²) in [6.07, 6.45) is 2.23. The lowest BCUT2D eigenvalue weighted by Crippen LogP contribution is -2.25. The van der Waals surface area contributed by atoms with Gasteiger partial charge in [0.1, 0.15) is 11.2 Å². The Hall–Kier alpha value is -1.10. The number of ether oxygens (including phenoxy) is 1. The van der Waals surface area contributed by atoms with E-state index in [1.165, 1.54) is 0 Å². The Kier molecular flexibility index (Phi) is 2.17. The van der Waals surface area contributed by atoms with E-state index in [1.807, 2.05) is 6.07 Å². The summed E-state index contributed by atoms with van der Waals surface area (Å²) < 4.78 is 5.22. The highest BCUT2D eigenvalue weighted by molar-refractivity contribution is 6.35. The van der Waals surface area contributed by atoms with Gasteiger partial charge in [-0.2, -0.15) is 0 Å². The number of H-pyrrole nitrogens is 1. The molecule has 1 aliphatic rings. The van der Waals surface area contributed by atoms with Crippen LogP contribution in [0.1, 0.15) is 12.1 Å². The summed E-state index contributed by atoms with van der Waals surface area (Å²) in [5, 5.41) is 11.8. The van der Waals surface area contributed by atoms with E-state index in [1.54, 1.807) is 12.3 Å². The van der Waals surface area contributed by atoms with Crippen molar-refractivity contribution in [2.75, 3.05) is 13.2 Å². The summed E-state index contributed by atoms with van der Waals surface area (Å²) in [4.78, 5) is 7.27. The summed E-state index contributed by atoms with van der Waals surface area (Å²) in [5.74, 6) is 0. The molecule has 3 heterocycles. The molecule has 1 aliphatic heterocycles. The van der Waals surface area contributed by atoms with Crippen LogP contribution in [0.5, 0.6) is 0 Å². The summed E-state index contributed by atoms with van der Waals surface area (Å²) in [6, 6.07) is 3.58. The molecule has 0 aromatic carbocycles. The molecule has 3 rings (SSSR count). The van der Waals surface area contributed by atoms with Crippen LogP contribution in [0.15, 0.2) is 18.3 Å². The average Bonchev–Trinajstić information content (AvgIpc) is 2.85. The summed E-state index contributed by atoms with van der Waals surface area (Å²) in [6.45, 7) is 0.893. The van der Waals surface area contributed by atoms with E-state index in [0.717, 1.165) is 11.1 Å². The van der Waals surface area contributed by atoms with Crippen LogP contribution in [0.3, 0.4) is 0 Å². The number of halogens is 1. The zero-order valence-electron chi connectivity index (χ0n) is 8.53. The Morgan fingerprint density at radius 2 is 2.44 bits per heavy atom. The highest BCUT2D eigenvalue weighted by Gasteiger charge is 2.35. The maximum Gasteiger partial charge on any atom is 0.139 e. The van der Waals surface area contributed by atoms with Crippen LogP contribution in [0.25, 0.3) is 11.0 Å². The Morgan fingerprint density at radius 1 is 1.56 bits per heavy atom. The van der Waals surface area contributed by atoms with Gasteiger partial charge in [0, 0.05) is 24.6 Å². The number of aliphatic hydroxyl groups is 1. The first-order valence-corrected chi connectivity index (χ1v) is 5.51. The number of hydrogen-bond acceptors (Lipinski definition) is 3. The number of hydrogen-bond donors (Lipinski definition) is 2. The topological polar surface area (TPSA) is 58.1 Å². The van der Waals surface area contributed by atoms with Gasteiger partial charge in [0.25, 0.3) is 0 Å². The zero-order chi connectivity index (χ0) is 11.2. The number of pyridine rings is 1. The van der Waals surface area contributed by atoms with Gasteiger partial charge in [0.2, 0.25) is 0 Å². The molecule has 1 atom stereocenters. The highest BCUT2D eigenvalue weighted by Crippen LogP contribution is 2.33. The highest BCUT2D eigenvalue weighted by atomic mass is 35.5. The van der Waals surface area contributed by atoms with Crippen LogP contribution in [-0.4, -0.2) is 28.3 Å². The van der Waals surface area contributed by atoms with Gasteiger partial charge in [-0.15, -0.1) is 0 Å². The van der Waals surface area contributed by atoms with Gasteiger partial charge in [-0.05, 0) is 12.1 Å². The Morgan fingerprint density at radius 3 is 3.12 bits per heavy atom. The minimum atomic E-state index is -0.927. The lowest BCUT2D eigenvalue weighted by atomic mass is 9.99. The van der Waals surface area contributed by atoms with Gasteiger partial charge >= 0.3 is 0 Å². The predicted molar refractivity (Wildman–Crippen MR) is 60.4 cm³/mol.